The summed E-state index contributed by atoms with van der Waals surface area (Å²) in [5.41, 5.74) is 1.75. The lowest BCUT2D eigenvalue weighted by molar-refractivity contribution is 0.0941. The molecule has 0 saturated heterocycles. The summed E-state index contributed by atoms with van der Waals surface area (Å²) in [6.45, 7) is 0.503. The Hall–Kier alpha value is -1.26. The number of carbonyl (C=O) groups is 1. The molecule has 0 unspecified atom stereocenters. The average molecular weight is 354 g/mol. The molecule has 0 bridgehead atoms. The molecular weight excluding hydrogens is 340 g/mol. The van der Waals surface area contributed by atoms with E-state index in [1.54, 1.807) is 0 Å². The minimum atomic E-state index is -0.0439. The summed E-state index contributed by atoms with van der Waals surface area (Å²) in [6, 6.07) is 9.84. The van der Waals surface area contributed by atoms with Gasteiger partial charge in [-0.2, -0.15) is 0 Å². The molecule has 1 fully saturated rings. The van der Waals surface area contributed by atoms with Gasteiger partial charge in [-0.3, -0.25) is 4.79 Å². The van der Waals surface area contributed by atoms with Crippen molar-refractivity contribution in [1.29, 1.82) is 0 Å². The molecule has 2 aromatic rings. The van der Waals surface area contributed by atoms with E-state index in [1.807, 2.05) is 36.5 Å². The summed E-state index contributed by atoms with van der Waals surface area (Å²) >= 11 is 9.28. The van der Waals surface area contributed by atoms with Crippen molar-refractivity contribution < 1.29 is 4.79 Å². The number of nitrogens with zero attached hydrogens (tertiary/aromatic N) is 1. The number of halogens is 2. The monoisotopic (exact) mass is 352 g/mol. The van der Waals surface area contributed by atoms with Gasteiger partial charge in [-0.15, -0.1) is 0 Å². The lowest BCUT2D eigenvalue weighted by Gasteiger charge is -2.08. The molecule has 1 aliphatic carbocycles. The van der Waals surface area contributed by atoms with Crippen LogP contribution in [0, 0.1) is 0 Å². The number of rotatable bonds is 4. The highest BCUT2D eigenvalue weighted by atomic mass is 79.9. The molecule has 1 heterocycles. The second kappa shape index (κ2) is 5.62. The number of benzene rings is 1. The molecule has 0 atom stereocenters. The van der Waals surface area contributed by atoms with Gasteiger partial charge in [-0.25, -0.2) is 0 Å². The Kier molecular flexibility index (Phi) is 3.85. The number of hydrogen-bond donors (Lipinski definition) is 1. The van der Waals surface area contributed by atoms with Gasteiger partial charge in [0.2, 0.25) is 0 Å². The summed E-state index contributed by atoms with van der Waals surface area (Å²) in [6.07, 6.45) is 4.28. The fraction of sp³-hybridized carbons (Fsp3) is 0.267. The maximum absolute atomic E-state index is 12.3. The Labute approximate surface area is 131 Å². The third-order valence-corrected chi connectivity index (χ3v) is 4.04. The molecule has 1 amide bonds. The maximum atomic E-state index is 12.3. The van der Waals surface area contributed by atoms with E-state index in [0.717, 1.165) is 22.9 Å². The van der Waals surface area contributed by atoms with Crippen LogP contribution in [0.1, 0.15) is 34.9 Å². The molecule has 1 saturated carbocycles. The molecule has 0 aliphatic heterocycles. The van der Waals surface area contributed by atoms with Crippen LogP contribution >= 0.6 is 27.5 Å². The third kappa shape index (κ3) is 3.07. The molecule has 1 N–H and O–H groups in total. The van der Waals surface area contributed by atoms with Gasteiger partial charge < -0.3 is 9.88 Å². The van der Waals surface area contributed by atoms with E-state index in [-0.39, 0.29) is 5.91 Å². The Morgan fingerprint density at radius 1 is 1.35 bits per heavy atom. The molecule has 5 heteroatoms. The predicted molar refractivity (Wildman–Crippen MR) is 83.0 cm³/mol. The highest BCUT2D eigenvalue weighted by molar-refractivity contribution is 9.10. The van der Waals surface area contributed by atoms with Crippen molar-refractivity contribution in [1.82, 2.24) is 9.88 Å². The van der Waals surface area contributed by atoms with Crippen molar-refractivity contribution in [3.05, 3.63) is 57.3 Å². The van der Waals surface area contributed by atoms with Crippen LogP contribution in [0.15, 0.2) is 41.0 Å². The fourth-order valence-electron chi connectivity index (χ4n) is 2.16. The first kappa shape index (κ1) is 13.7. The van der Waals surface area contributed by atoms with Crippen LogP contribution in [-0.2, 0) is 6.54 Å². The Morgan fingerprint density at radius 2 is 2.05 bits per heavy atom. The Bertz CT molecular complexity index is 632. The zero-order valence-electron chi connectivity index (χ0n) is 10.8. The van der Waals surface area contributed by atoms with Gasteiger partial charge in [0.05, 0.1) is 0 Å². The van der Waals surface area contributed by atoms with Crippen molar-refractivity contribution in [3.8, 4) is 0 Å². The summed E-state index contributed by atoms with van der Waals surface area (Å²) in [7, 11) is 0. The lowest BCUT2D eigenvalue weighted by Crippen LogP contribution is -2.25. The number of nitrogens with one attached hydrogen (secondary N) is 1. The Balaban J connectivity index is 1.68. The highest BCUT2D eigenvalue weighted by Crippen LogP contribution is 2.37. The van der Waals surface area contributed by atoms with Crippen LogP contribution in [0.2, 0.25) is 5.02 Å². The minimum Gasteiger partial charge on any atom is -0.347 e. The fourth-order valence-corrected chi connectivity index (χ4v) is 2.72. The van der Waals surface area contributed by atoms with Gasteiger partial charge in [0.1, 0.15) is 5.69 Å². The third-order valence-electron chi connectivity index (χ3n) is 3.35. The molecule has 1 aliphatic rings. The van der Waals surface area contributed by atoms with E-state index in [1.165, 1.54) is 0 Å². The number of amides is 1. The van der Waals surface area contributed by atoms with E-state index in [2.05, 4.69) is 25.8 Å². The van der Waals surface area contributed by atoms with E-state index in [0.29, 0.717) is 23.3 Å². The first-order valence-electron chi connectivity index (χ1n) is 6.53. The highest BCUT2D eigenvalue weighted by Gasteiger charge is 2.27. The molecule has 1 aromatic carbocycles. The van der Waals surface area contributed by atoms with Gasteiger partial charge >= 0.3 is 0 Å². The van der Waals surface area contributed by atoms with Crippen molar-refractivity contribution in [2.75, 3.05) is 0 Å². The Morgan fingerprint density at radius 3 is 2.70 bits per heavy atom. The van der Waals surface area contributed by atoms with Crippen molar-refractivity contribution >= 4 is 33.4 Å². The van der Waals surface area contributed by atoms with Crippen LogP contribution in [0.5, 0.6) is 0 Å². The first-order chi connectivity index (χ1) is 9.63. The zero-order valence-corrected chi connectivity index (χ0v) is 13.1. The smallest absolute Gasteiger partial charge is 0.268 e. The molecule has 3 rings (SSSR count). The second-order valence-electron chi connectivity index (χ2n) is 4.99. The van der Waals surface area contributed by atoms with E-state index < -0.39 is 0 Å². The lowest BCUT2D eigenvalue weighted by atomic mass is 10.2. The number of aromatic nitrogens is 1. The minimum absolute atomic E-state index is 0.0439. The largest absolute Gasteiger partial charge is 0.347 e. The normalized spacial score (nSPS) is 14.3. The van der Waals surface area contributed by atoms with Gasteiger partial charge in [-0.05, 0) is 52.5 Å². The van der Waals surface area contributed by atoms with Gasteiger partial charge in [0.15, 0.2) is 0 Å². The molecular formula is C15H14BrClN2O. The van der Waals surface area contributed by atoms with Gasteiger partial charge in [0.25, 0.3) is 5.91 Å². The molecule has 20 heavy (non-hydrogen) atoms. The van der Waals surface area contributed by atoms with Crippen LogP contribution in [0.4, 0.5) is 0 Å². The molecule has 1 aromatic heterocycles. The van der Waals surface area contributed by atoms with E-state index in [9.17, 15) is 4.79 Å². The SMILES string of the molecule is O=C(NCc1ccc(Cl)cc1)c1cc(Br)cn1C1CC1. The molecule has 3 nitrogen and oxygen atoms in total. The molecule has 0 spiro atoms. The summed E-state index contributed by atoms with van der Waals surface area (Å²) < 4.78 is 3.00. The van der Waals surface area contributed by atoms with Crippen molar-refractivity contribution in [3.63, 3.8) is 0 Å². The van der Waals surface area contributed by atoms with Gasteiger partial charge in [0, 0.05) is 28.3 Å². The number of carbonyl (C=O) groups excluding carboxylic acids is 1. The standard InChI is InChI=1S/C15H14BrClN2O/c16-11-7-14(19(9-11)13-5-6-13)15(20)18-8-10-1-3-12(17)4-2-10/h1-4,7,9,13H,5-6,8H2,(H,18,20). The topological polar surface area (TPSA) is 34.0 Å². The number of hydrogen-bond acceptors (Lipinski definition) is 1. The van der Waals surface area contributed by atoms with Crippen LogP contribution < -0.4 is 5.32 Å². The van der Waals surface area contributed by atoms with Crippen LogP contribution in [0.25, 0.3) is 0 Å². The van der Waals surface area contributed by atoms with Gasteiger partial charge in [-0.1, -0.05) is 23.7 Å². The summed E-state index contributed by atoms with van der Waals surface area (Å²) in [5.74, 6) is -0.0439. The van der Waals surface area contributed by atoms with Crippen LogP contribution in [-0.4, -0.2) is 10.5 Å². The van der Waals surface area contributed by atoms with Crippen molar-refractivity contribution in [2.24, 2.45) is 0 Å². The first-order valence-corrected chi connectivity index (χ1v) is 7.70. The predicted octanol–water partition coefficient (Wildman–Crippen LogP) is 4.17. The zero-order chi connectivity index (χ0) is 14.1. The van der Waals surface area contributed by atoms with E-state index in [4.69, 9.17) is 11.6 Å². The molecule has 104 valence electrons. The average Bonchev–Trinajstić information content (AvgIpc) is 3.20. The van der Waals surface area contributed by atoms with E-state index >= 15 is 0 Å². The molecule has 0 radical (unpaired) electrons. The quantitative estimate of drug-likeness (QED) is 0.879. The van der Waals surface area contributed by atoms with Crippen LogP contribution in [0.3, 0.4) is 0 Å². The summed E-state index contributed by atoms with van der Waals surface area (Å²) in [5, 5.41) is 3.65. The summed E-state index contributed by atoms with van der Waals surface area (Å²) in [4.78, 5) is 12.3. The maximum Gasteiger partial charge on any atom is 0.268 e. The van der Waals surface area contributed by atoms with Crippen molar-refractivity contribution in [2.45, 2.75) is 25.4 Å². The second-order valence-corrected chi connectivity index (χ2v) is 6.34.